The van der Waals surface area contributed by atoms with Gasteiger partial charge in [0.1, 0.15) is 0 Å². The van der Waals surface area contributed by atoms with E-state index in [1.165, 1.54) is 0 Å². The maximum absolute atomic E-state index is 5.95. The molecule has 0 saturated heterocycles. The van der Waals surface area contributed by atoms with Gasteiger partial charge in [-0.15, -0.1) is 0 Å². The van der Waals surface area contributed by atoms with E-state index in [-0.39, 0.29) is 6.79 Å². The van der Waals surface area contributed by atoms with Gasteiger partial charge in [-0.3, -0.25) is 0 Å². The molecular weight excluding hydrogens is 314 g/mol. The van der Waals surface area contributed by atoms with Crippen molar-refractivity contribution in [3.63, 3.8) is 0 Å². The van der Waals surface area contributed by atoms with Crippen molar-refractivity contribution in [1.29, 1.82) is 0 Å². The number of aromatic nitrogens is 2. The lowest BCUT2D eigenvalue weighted by Gasteiger charge is -2.09. The maximum atomic E-state index is 5.95. The number of benzene rings is 3. The lowest BCUT2D eigenvalue weighted by Crippen LogP contribution is -2.02. The molecule has 1 aliphatic rings. The minimum atomic E-state index is 0.272. The largest absolute Gasteiger partial charge is 0.454 e. The van der Waals surface area contributed by atoms with Crippen LogP contribution in [0.15, 0.2) is 54.6 Å². The molecule has 5 nitrogen and oxygen atoms in total. The highest BCUT2D eigenvalue weighted by atomic mass is 16.7. The average Bonchev–Trinajstić information content (AvgIpc) is 3.08. The molecule has 122 valence electrons. The normalized spacial score (nSPS) is 12.8. The molecule has 0 radical (unpaired) electrons. The summed E-state index contributed by atoms with van der Waals surface area (Å²) >= 11 is 0. The third-order valence-corrected chi connectivity index (χ3v) is 4.47. The number of hydrogen-bond donors (Lipinski definition) is 1. The van der Waals surface area contributed by atoms with Crippen molar-refractivity contribution in [3.05, 3.63) is 65.9 Å². The summed E-state index contributed by atoms with van der Waals surface area (Å²) in [7, 11) is 0. The van der Waals surface area contributed by atoms with E-state index < -0.39 is 0 Å². The Balaban J connectivity index is 1.65. The van der Waals surface area contributed by atoms with Gasteiger partial charge in [0.2, 0.25) is 12.7 Å². The lowest BCUT2D eigenvalue weighted by molar-refractivity contribution is 0.174. The van der Waals surface area contributed by atoms with Crippen molar-refractivity contribution in [1.82, 2.24) is 9.97 Å². The summed E-state index contributed by atoms with van der Waals surface area (Å²) in [5.74, 6) is 1.84. The van der Waals surface area contributed by atoms with Crippen LogP contribution < -0.4 is 15.2 Å². The van der Waals surface area contributed by atoms with Gasteiger partial charge in [-0.1, -0.05) is 30.3 Å². The minimum absolute atomic E-state index is 0.272. The number of ether oxygens (including phenoxy) is 2. The van der Waals surface area contributed by atoms with Gasteiger partial charge >= 0.3 is 0 Å². The van der Waals surface area contributed by atoms with Crippen LogP contribution in [0.25, 0.3) is 21.7 Å². The van der Waals surface area contributed by atoms with Crippen LogP contribution in [0.2, 0.25) is 0 Å². The van der Waals surface area contributed by atoms with Gasteiger partial charge in [-0.05, 0) is 40.6 Å². The molecule has 0 aliphatic carbocycles. The molecule has 0 bridgehead atoms. The first kappa shape index (κ1) is 14.0. The van der Waals surface area contributed by atoms with Crippen LogP contribution in [0.5, 0.6) is 11.5 Å². The Bertz CT molecular complexity index is 1120. The fraction of sp³-hybridized carbons (Fsp3) is 0.100. The van der Waals surface area contributed by atoms with Crippen molar-refractivity contribution in [2.24, 2.45) is 0 Å². The third-order valence-electron chi connectivity index (χ3n) is 4.47. The molecule has 5 rings (SSSR count). The van der Waals surface area contributed by atoms with Gasteiger partial charge in [-0.2, -0.15) is 0 Å². The first-order valence-electron chi connectivity index (χ1n) is 8.10. The Labute approximate surface area is 144 Å². The summed E-state index contributed by atoms with van der Waals surface area (Å²) in [6.07, 6.45) is 0.651. The molecule has 0 fully saturated rings. The molecule has 0 amide bonds. The number of hydrogen-bond acceptors (Lipinski definition) is 5. The Morgan fingerprint density at radius 3 is 2.56 bits per heavy atom. The molecule has 0 spiro atoms. The van der Waals surface area contributed by atoms with Crippen molar-refractivity contribution in [3.8, 4) is 11.5 Å². The zero-order valence-electron chi connectivity index (χ0n) is 13.4. The summed E-state index contributed by atoms with van der Waals surface area (Å²) in [6, 6.07) is 18.4. The molecule has 3 aromatic carbocycles. The van der Waals surface area contributed by atoms with Gasteiger partial charge in [-0.25, -0.2) is 9.97 Å². The van der Waals surface area contributed by atoms with Crippen molar-refractivity contribution < 1.29 is 9.47 Å². The molecule has 4 aromatic rings. The Morgan fingerprint density at radius 1 is 0.880 bits per heavy atom. The van der Waals surface area contributed by atoms with Gasteiger partial charge in [0.05, 0.1) is 11.2 Å². The zero-order chi connectivity index (χ0) is 16.8. The molecule has 2 N–H and O–H groups in total. The van der Waals surface area contributed by atoms with Crippen LogP contribution in [0.1, 0.15) is 11.3 Å². The Hall–Kier alpha value is -3.34. The molecule has 5 heteroatoms. The van der Waals surface area contributed by atoms with Crippen LogP contribution in [0.3, 0.4) is 0 Å². The van der Waals surface area contributed by atoms with Crippen LogP contribution in [-0.2, 0) is 6.42 Å². The van der Waals surface area contributed by atoms with E-state index in [2.05, 4.69) is 34.2 Å². The summed E-state index contributed by atoms with van der Waals surface area (Å²) in [5.41, 5.74) is 8.81. The van der Waals surface area contributed by atoms with Crippen molar-refractivity contribution in [2.75, 3.05) is 12.5 Å². The van der Waals surface area contributed by atoms with Crippen molar-refractivity contribution >= 4 is 27.6 Å². The second kappa shape index (κ2) is 5.34. The summed E-state index contributed by atoms with van der Waals surface area (Å²) < 4.78 is 10.8. The van der Waals surface area contributed by atoms with Crippen LogP contribution in [0.4, 0.5) is 5.95 Å². The highest BCUT2D eigenvalue weighted by Gasteiger charge is 2.15. The Morgan fingerprint density at radius 2 is 1.68 bits per heavy atom. The number of nitrogens with zero attached hydrogens (tertiary/aromatic N) is 2. The fourth-order valence-electron chi connectivity index (χ4n) is 3.28. The Kier molecular flexibility index (Phi) is 3.00. The molecule has 0 unspecified atom stereocenters. The number of rotatable bonds is 2. The average molecular weight is 329 g/mol. The highest BCUT2D eigenvalue weighted by molar-refractivity contribution is 5.97. The van der Waals surface area contributed by atoms with Gasteiger partial charge in [0.25, 0.3) is 0 Å². The highest BCUT2D eigenvalue weighted by Crippen LogP contribution is 2.33. The standard InChI is InChI=1S/C20H15N3O2/c21-20-22-16(7-12-5-6-18-19(8-12)25-11-24-18)15-9-13-3-1-2-4-14(13)10-17(15)23-20/h1-6,8-10H,7,11H2,(H2,21,22,23). The predicted octanol–water partition coefficient (Wildman–Crippen LogP) is 3.68. The maximum Gasteiger partial charge on any atom is 0.231 e. The van der Waals surface area contributed by atoms with Gasteiger partial charge in [0, 0.05) is 11.8 Å². The quantitative estimate of drug-likeness (QED) is 0.568. The van der Waals surface area contributed by atoms with E-state index in [1.54, 1.807) is 0 Å². The number of fused-ring (bicyclic) bond motifs is 3. The minimum Gasteiger partial charge on any atom is -0.454 e. The summed E-state index contributed by atoms with van der Waals surface area (Å²) in [6.45, 7) is 0.272. The lowest BCUT2D eigenvalue weighted by atomic mass is 10.0. The monoisotopic (exact) mass is 329 g/mol. The number of nitrogens with two attached hydrogens (primary N) is 1. The van der Waals surface area contributed by atoms with Crippen molar-refractivity contribution in [2.45, 2.75) is 6.42 Å². The molecule has 0 atom stereocenters. The van der Waals surface area contributed by atoms with Gasteiger partial charge < -0.3 is 15.2 Å². The first-order valence-corrected chi connectivity index (χ1v) is 8.10. The van der Waals surface area contributed by atoms with E-state index in [9.17, 15) is 0 Å². The van der Waals surface area contributed by atoms with E-state index in [4.69, 9.17) is 15.2 Å². The van der Waals surface area contributed by atoms with Crippen LogP contribution in [-0.4, -0.2) is 16.8 Å². The SMILES string of the molecule is Nc1nc(Cc2ccc3c(c2)OCO3)c2cc3ccccc3cc2n1. The topological polar surface area (TPSA) is 70.3 Å². The predicted molar refractivity (Wildman–Crippen MR) is 96.8 cm³/mol. The fourth-order valence-corrected chi connectivity index (χ4v) is 3.28. The number of nitrogen functional groups attached to an aromatic ring is 1. The van der Waals surface area contributed by atoms with Gasteiger partial charge in [0.15, 0.2) is 11.5 Å². The summed E-state index contributed by atoms with van der Waals surface area (Å²) in [5, 5.41) is 3.32. The number of anilines is 1. The zero-order valence-corrected chi connectivity index (χ0v) is 13.4. The second-order valence-electron chi connectivity index (χ2n) is 6.11. The summed E-state index contributed by atoms with van der Waals surface area (Å²) in [4.78, 5) is 8.90. The first-order chi connectivity index (χ1) is 12.3. The van der Waals surface area contributed by atoms with Crippen LogP contribution in [0, 0.1) is 0 Å². The molecule has 0 saturated carbocycles. The van der Waals surface area contributed by atoms with E-state index in [1.807, 2.05) is 30.3 Å². The molecule has 1 aliphatic heterocycles. The smallest absolute Gasteiger partial charge is 0.231 e. The second-order valence-corrected chi connectivity index (χ2v) is 6.11. The van der Waals surface area contributed by atoms with E-state index in [0.717, 1.165) is 44.4 Å². The molecule has 25 heavy (non-hydrogen) atoms. The molecule has 2 heterocycles. The van der Waals surface area contributed by atoms with Crippen LogP contribution >= 0.6 is 0 Å². The third kappa shape index (κ3) is 2.41. The van der Waals surface area contributed by atoms with E-state index >= 15 is 0 Å². The van der Waals surface area contributed by atoms with E-state index in [0.29, 0.717) is 12.4 Å². The molecule has 1 aromatic heterocycles. The molecular formula is C20H15N3O2.